The Balaban J connectivity index is 1.53. The molecule has 2 aliphatic heterocycles. The summed E-state index contributed by atoms with van der Waals surface area (Å²) in [5, 5.41) is 6.57. The van der Waals surface area contributed by atoms with Crippen molar-refractivity contribution in [2.45, 2.75) is 26.7 Å². The van der Waals surface area contributed by atoms with E-state index in [9.17, 15) is 17.6 Å². The summed E-state index contributed by atoms with van der Waals surface area (Å²) in [5.41, 5.74) is 0.281. The Kier molecular flexibility index (Phi) is 5.05. The first-order valence-electron chi connectivity index (χ1n) is 9.74. The van der Waals surface area contributed by atoms with E-state index in [0.29, 0.717) is 36.1 Å². The molecule has 1 aromatic carbocycles. The minimum absolute atomic E-state index is 0.00170. The fraction of sp³-hybridized carbons (Fsp3) is 0.526. The Bertz CT molecular complexity index is 1080. The van der Waals surface area contributed by atoms with Gasteiger partial charge in [0.15, 0.2) is 5.82 Å². The van der Waals surface area contributed by atoms with Crippen molar-refractivity contribution in [2.24, 2.45) is 5.41 Å². The number of urea groups is 1. The van der Waals surface area contributed by atoms with Crippen LogP contribution in [0.4, 0.5) is 14.9 Å². The van der Waals surface area contributed by atoms with Crippen LogP contribution in [0.25, 0.3) is 0 Å². The van der Waals surface area contributed by atoms with E-state index in [0.717, 1.165) is 0 Å². The zero-order valence-electron chi connectivity index (χ0n) is 17.1. The van der Waals surface area contributed by atoms with Gasteiger partial charge in [-0.05, 0) is 32.9 Å². The number of amides is 2. The first kappa shape index (κ1) is 20.7. The van der Waals surface area contributed by atoms with E-state index < -0.39 is 21.3 Å². The second-order valence-electron chi connectivity index (χ2n) is 7.99. The van der Waals surface area contributed by atoms with Gasteiger partial charge in [-0.1, -0.05) is 11.2 Å². The Hall–Kier alpha value is -2.53. The smallest absolute Gasteiger partial charge is 0.321 e. The molecule has 4 rings (SSSR count). The van der Waals surface area contributed by atoms with Crippen molar-refractivity contribution in [3.05, 3.63) is 41.3 Å². The Labute approximate surface area is 174 Å². The van der Waals surface area contributed by atoms with Crippen LogP contribution in [0.1, 0.15) is 30.1 Å². The van der Waals surface area contributed by atoms with Gasteiger partial charge in [-0.25, -0.2) is 21.9 Å². The summed E-state index contributed by atoms with van der Waals surface area (Å²) in [4.78, 5) is 18.6. The van der Waals surface area contributed by atoms with Crippen molar-refractivity contribution in [2.75, 3.05) is 37.2 Å². The number of nitrogens with one attached hydrogen (secondary N) is 1. The normalized spacial score (nSPS) is 21.1. The highest BCUT2D eigenvalue weighted by atomic mass is 32.2. The maximum Gasteiger partial charge on any atom is 0.321 e. The van der Waals surface area contributed by atoms with E-state index in [1.165, 1.54) is 16.4 Å². The van der Waals surface area contributed by atoms with Crippen molar-refractivity contribution in [1.29, 1.82) is 0 Å². The second-order valence-corrected chi connectivity index (χ2v) is 10.2. The first-order chi connectivity index (χ1) is 14.1. The summed E-state index contributed by atoms with van der Waals surface area (Å²) in [7, 11) is -3.39. The van der Waals surface area contributed by atoms with Crippen LogP contribution in [0.2, 0.25) is 0 Å². The standard InChI is InChI=1S/C19H24FN5O4S/c1-4-30(27,28)25-8-14(17-21-13(3)23-29-17)19(11-25)9-24(10-19)18(26)22-16-7-5-6-15(20)12(16)2/h5-7,14H,4,8-11H2,1-3H3,(H,22,26). The van der Waals surface area contributed by atoms with Gasteiger partial charge in [-0.2, -0.15) is 4.98 Å². The molecule has 1 unspecified atom stereocenters. The molecule has 0 saturated carbocycles. The van der Waals surface area contributed by atoms with Crippen molar-refractivity contribution >= 4 is 21.7 Å². The molecule has 0 radical (unpaired) electrons. The summed E-state index contributed by atoms with van der Waals surface area (Å²) in [6.07, 6.45) is 0. The zero-order chi connectivity index (χ0) is 21.7. The molecule has 1 spiro atoms. The lowest BCUT2D eigenvalue weighted by Gasteiger charge is -2.49. The molecule has 2 aromatic rings. The molecule has 30 heavy (non-hydrogen) atoms. The van der Waals surface area contributed by atoms with Crippen molar-refractivity contribution < 1.29 is 22.1 Å². The third kappa shape index (κ3) is 3.45. The molecule has 2 amide bonds. The maximum atomic E-state index is 13.7. The van der Waals surface area contributed by atoms with Crippen LogP contribution < -0.4 is 5.32 Å². The lowest BCUT2D eigenvalue weighted by Crippen LogP contribution is -2.62. The molecular weight excluding hydrogens is 413 g/mol. The maximum absolute atomic E-state index is 13.7. The number of benzene rings is 1. The number of hydrogen-bond donors (Lipinski definition) is 1. The molecule has 1 aromatic heterocycles. The molecule has 1 atom stereocenters. The van der Waals surface area contributed by atoms with Gasteiger partial charge < -0.3 is 14.7 Å². The highest BCUT2D eigenvalue weighted by molar-refractivity contribution is 7.89. The summed E-state index contributed by atoms with van der Waals surface area (Å²) < 4.78 is 45.5. The van der Waals surface area contributed by atoms with Crippen LogP contribution in [0.5, 0.6) is 0 Å². The molecule has 2 fully saturated rings. The minimum atomic E-state index is -3.39. The molecule has 2 aliphatic rings. The number of sulfonamides is 1. The molecule has 2 saturated heterocycles. The summed E-state index contributed by atoms with van der Waals surface area (Å²) in [6, 6.07) is 4.16. The summed E-state index contributed by atoms with van der Waals surface area (Å²) in [5.74, 6) is 0.188. The van der Waals surface area contributed by atoms with E-state index >= 15 is 0 Å². The number of halogens is 1. The predicted molar refractivity (Wildman–Crippen MR) is 107 cm³/mol. The first-order valence-corrected chi connectivity index (χ1v) is 11.4. The van der Waals surface area contributed by atoms with Gasteiger partial charge in [0.25, 0.3) is 0 Å². The lowest BCUT2D eigenvalue weighted by atomic mass is 9.71. The molecule has 3 heterocycles. The summed E-state index contributed by atoms with van der Waals surface area (Å²) >= 11 is 0. The largest absolute Gasteiger partial charge is 0.339 e. The van der Waals surface area contributed by atoms with Crippen molar-refractivity contribution in [3.8, 4) is 0 Å². The van der Waals surface area contributed by atoms with E-state index in [2.05, 4.69) is 15.5 Å². The number of aryl methyl sites for hydroxylation is 1. The Morgan fingerprint density at radius 3 is 2.70 bits per heavy atom. The van der Waals surface area contributed by atoms with Gasteiger partial charge in [0.05, 0.1) is 11.7 Å². The minimum Gasteiger partial charge on any atom is -0.339 e. The van der Waals surface area contributed by atoms with Crippen molar-refractivity contribution in [3.63, 3.8) is 0 Å². The fourth-order valence-corrected chi connectivity index (χ4v) is 5.42. The average molecular weight is 437 g/mol. The van der Waals surface area contributed by atoms with Crippen LogP contribution in [-0.4, -0.2) is 65.7 Å². The molecule has 162 valence electrons. The molecular formula is C19H24FN5O4S. The molecule has 1 N–H and O–H groups in total. The summed E-state index contributed by atoms with van der Waals surface area (Å²) in [6.45, 7) is 6.13. The van der Waals surface area contributed by atoms with Gasteiger partial charge in [0.2, 0.25) is 15.9 Å². The number of hydrogen-bond acceptors (Lipinski definition) is 6. The predicted octanol–water partition coefficient (Wildman–Crippen LogP) is 2.11. The van der Waals surface area contributed by atoms with Gasteiger partial charge in [0.1, 0.15) is 5.82 Å². The average Bonchev–Trinajstić information content (AvgIpc) is 3.28. The van der Waals surface area contributed by atoms with E-state index in [4.69, 9.17) is 4.52 Å². The molecule has 0 aliphatic carbocycles. The number of carbonyl (C=O) groups excluding carboxylic acids is 1. The number of aromatic nitrogens is 2. The third-order valence-corrected chi connectivity index (χ3v) is 7.82. The quantitative estimate of drug-likeness (QED) is 0.785. The van der Waals surface area contributed by atoms with Crippen molar-refractivity contribution in [1.82, 2.24) is 19.3 Å². The monoisotopic (exact) mass is 437 g/mol. The van der Waals surface area contributed by atoms with Gasteiger partial charge >= 0.3 is 6.03 Å². The van der Waals surface area contributed by atoms with Gasteiger partial charge in [-0.15, -0.1) is 0 Å². The van der Waals surface area contributed by atoms with E-state index in [1.807, 2.05) is 0 Å². The van der Waals surface area contributed by atoms with Crippen LogP contribution in [0.3, 0.4) is 0 Å². The van der Waals surface area contributed by atoms with Crippen LogP contribution in [-0.2, 0) is 10.0 Å². The highest BCUT2D eigenvalue weighted by Gasteiger charge is 2.59. The number of likely N-dealkylation sites (tertiary alicyclic amines) is 1. The van der Waals surface area contributed by atoms with Gasteiger partial charge in [-0.3, -0.25) is 0 Å². The van der Waals surface area contributed by atoms with Gasteiger partial charge in [0, 0.05) is 42.8 Å². The topological polar surface area (TPSA) is 109 Å². The Morgan fingerprint density at radius 1 is 1.33 bits per heavy atom. The highest BCUT2D eigenvalue weighted by Crippen LogP contribution is 2.49. The number of anilines is 1. The number of nitrogens with zero attached hydrogens (tertiary/aromatic N) is 4. The molecule has 9 nitrogen and oxygen atoms in total. The van der Waals surface area contributed by atoms with Crippen LogP contribution >= 0.6 is 0 Å². The second kappa shape index (κ2) is 7.31. The zero-order valence-corrected chi connectivity index (χ0v) is 17.9. The SMILES string of the molecule is CCS(=O)(=O)N1CC(c2nc(C)no2)C2(CN(C(=O)Nc3cccc(F)c3C)C2)C1. The third-order valence-electron chi connectivity index (χ3n) is 6.02. The van der Waals surface area contributed by atoms with Crippen LogP contribution in [0, 0.1) is 25.1 Å². The van der Waals surface area contributed by atoms with E-state index in [-0.39, 0.29) is 30.8 Å². The lowest BCUT2D eigenvalue weighted by molar-refractivity contribution is 0.0292. The van der Waals surface area contributed by atoms with E-state index in [1.54, 1.807) is 31.7 Å². The Morgan fingerprint density at radius 2 is 2.07 bits per heavy atom. The fourth-order valence-electron chi connectivity index (χ4n) is 4.23. The van der Waals surface area contributed by atoms with Crippen LogP contribution in [0.15, 0.2) is 22.7 Å². The molecule has 11 heteroatoms. The number of rotatable bonds is 4. The number of carbonyl (C=O) groups is 1. The molecule has 0 bridgehead atoms.